The number of anilines is 1. The molecule has 1 fully saturated rings. The summed E-state index contributed by atoms with van der Waals surface area (Å²) < 4.78 is 33.3. The Labute approximate surface area is 205 Å². The highest BCUT2D eigenvalue weighted by molar-refractivity contribution is 7.92. The average Bonchev–Trinajstić information content (AvgIpc) is 2.89. The number of carbonyl (C=O) groups is 2. The molecule has 182 valence electrons. The number of aryl methyl sites for hydroxylation is 1. The lowest BCUT2D eigenvalue weighted by molar-refractivity contribution is -0.149. The van der Waals surface area contributed by atoms with Crippen LogP contribution in [0.25, 0.3) is 0 Å². The van der Waals surface area contributed by atoms with E-state index in [1.165, 1.54) is 31.4 Å². The summed E-state index contributed by atoms with van der Waals surface area (Å²) in [6.45, 7) is 2.60. The van der Waals surface area contributed by atoms with Crippen LogP contribution in [0, 0.1) is 6.92 Å². The van der Waals surface area contributed by atoms with E-state index in [-0.39, 0.29) is 16.8 Å². The molecular weight excluding hydrogens is 464 g/mol. The van der Waals surface area contributed by atoms with Crippen LogP contribution in [0.3, 0.4) is 0 Å². The maximum atomic E-state index is 13.1. The Balaban J connectivity index is 1.47. The third-order valence-electron chi connectivity index (χ3n) is 6.61. The zero-order chi connectivity index (χ0) is 25.1. The first-order valence-corrected chi connectivity index (χ1v) is 12.9. The molecule has 8 heteroatoms. The van der Waals surface area contributed by atoms with Crippen molar-refractivity contribution in [2.75, 3.05) is 24.9 Å². The number of rotatable bonds is 6. The minimum Gasteiger partial charge on any atom is -0.468 e. The quantitative estimate of drug-likeness (QED) is 0.522. The Morgan fingerprint density at radius 3 is 2.09 bits per heavy atom. The van der Waals surface area contributed by atoms with E-state index < -0.39 is 15.4 Å². The summed E-state index contributed by atoms with van der Waals surface area (Å²) in [5, 5.41) is 0. The fourth-order valence-electron chi connectivity index (χ4n) is 4.51. The van der Waals surface area contributed by atoms with Crippen LogP contribution < -0.4 is 4.72 Å². The lowest BCUT2D eigenvalue weighted by Gasteiger charge is -2.40. The van der Waals surface area contributed by atoms with Crippen molar-refractivity contribution in [3.8, 4) is 0 Å². The molecule has 4 rings (SSSR count). The summed E-state index contributed by atoms with van der Waals surface area (Å²) >= 11 is 0. The number of para-hydroxylation sites is 1. The molecule has 0 aromatic heterocycles. The number of nitrogens with one attached hydrogen (secondary N) is 1. The van der Waals surface area contributed by atoms with Gasteiger partial charge >= 0.3 is 5.97 Å². The third kappa shape index (κ3) is 4.93. The number of amides is 1. The molecule has 1 aliphatic rings. The van der Waals surface area contributed by atoms with Crippen LogP contribution in [-0.4, -0.2) is 45.4 Å². The lowest BCUT2D eigenvalue weighted by Crippen LogP contribution is -2.49. The molecule has 0 radical (unpaired) electrons. The number of hydrogen-bond acceptors (Lipinski definition) is 5. The smallest absolute Gasteiger partial charge is 0.316 e. The van der Waals surface area contributed by atoms with Gasteiger partial charge in [0.25, 0.3) is 15.9 Å². The monoisotopic (exact) mass is 492 g/mol. The first-order chi connectivity index (χ1) is 16.8. The van der Waals surface area contributed by atoms with Crippen molar-refractivity contribution in [2.45, 2.75) is 30.1 Å². The van der Waals surface area contributed by atoms with E-state index in [1.54, 1.807) is 17.0 Å². The van der Waals surface area contributed by atoms with Gasteiger partial charge < -0.3 is 9.64 Å². The van der Waals surface area contributed by atoms with Gasteiger partial charge in [-0.15, -0.1) is 0 Å². The molecule has 3 aromatic carbocycles. The van der Waals surface area contributed by atoms with Gasteiger partial charge in [-0.2, -0.15) is 0 Å². The first kappa shape index (κ1) is 24.5. The fraction of sp³-hybridized carbons (Fsp3) is 0.259. The van der Waals surface area contributed by atoms with Gasteiger partial charge in [-0.05, 0) is 61.2 Å². The SMILES string of the molecule is COC(=O)C1(c2ccccc2)CCN(C(=O)c2ccc(S(=O)(=O)Nc3ccccc3C)cc2)CC1. The average molecular weight is 493 g/mol. The highest BCUT2D eigenvalue weighted by Crippen LogP contribution is 2.37. The lowest BCUT2D eigenvalue weighted by atomic mass is 9.72. The number of nitrogens with zero attached hydrogens (tertiary/aromatic N) is 1. The fourth-order valence-corrected chi connectivity index (χ4v) is 5.64. The van der Waals surface area contributed by atoms with E-state index in [0.29, 0.717) is 37.2 Å². The maximum Gasteiger partial charge on any atom is 0.316 e. The predicted molar refractivity (Wildman–Crippen MR) is 134 cm³/mol. The molecule has 0 aliphatic carbocycles. The molecule has 1 heterocycles. The predicted octanol–water partition coefficient (Wildman–Crippen LogP) is 4.14. The Morgan fingerprint density at radius 1 is 0.886 bits per heavy atom. The second kappa shape index (κ2) is 9.92. The van der Waals surface area contributed by atoms with Gasteiger partial charge in [0.15, 0.2) is 0 Å². The second-order valence-corrected chi connectivity index (χ2v) is 10.4. The highest BCUT2D eigenvalue weighted by Gasteiger charge is 2.44. The van der Waals surface area contributed by atoms with Crippen LogP contribution in [0.4, 0.5) is 5.69 Å². The van der Waals surface area contributed by atoms with Gasteiger partial charge in [-0.25, -0.2) is 8.42 Å². The summed E-state index contributed by atoms with van der Waals surface area (Å²) in [6.07, 6.45) is 0.893. The largest absolute Gasteiger partial charge is 0.468 e. The van der Waals surface area contributed by atoms with Crippen molar-refractivity contribution < 1.29 is 22.7 Å². The van der Waals surface area contributed by atoms with Gasteiger partial charge in [0.2, 0.25) is 0 Å². The number of ether oxygens (including phenoxy) is 1. The summed E-state index contributed by atoms with van der Waals surface area (Å²) in [4.78, 5) is 27.6. The van der Waals surface area contributed by atoms with Crippen molar-refractivity contribution in [2.24, 2.45) is 0 Å². The van der Waals surface area contributed by atoms with Crippen LogP contribution in [0.1, 0.15) is 34.3 Å². The number of methoxy groups -OCH3 is 1. The van der Waals surface area contributed by atoms with Gasteiger partial charge in [-0.1, -0.05) is 48.5 Å². The molecule has 0 saturated carbocycles. The summed E-state index contributed by atoms with van der Waals surface area (Å²) in [6, 6.07) is 22.5. The van der Waals surface area contributed by atoms with Crippen molar-refractivity contribution in [3.05, 3.63) is 95.6 Å². The number of likely N-dealkylation sites (tertiary alicyclic amines) is 1. The first-order valence-electron chi connectivity index (χ1n) is 11.4. The van der Waals surface area contributed by atoms with Crippen LogP contribution in [0.15, 0.2) is 83.8 Å². The molecule has 1 N–H and O–H groups in total. The minimum atomic E-state index is -3.79. The Morgan fingerprint density at radius 2 is 1.49 bits per heavy atom. The Bertz CT molecular complexity index is 1310. The number of sulfonamides is 1. The van der Waals surface area contributed by atoms with Gasteiger partial charge in [0.1, 0.15) is 0 Å². The molecular formula is C27H28N2O5S. The highest BCUT2D eigenvalue weighted by atomic mass is 32.2. The van der Waals surface area contributed by atoms with Gasteiger partial charge in [0, 0.05) is 18.7 Å². The van der Waals surface area contributed by atoms with Gasteiger partial charge in [-0.3, -0.25) is 14.3 Å². The molecule has 7 nitrogen and oxygen atoms in total. The normalized spacial score (nSPS) is 15.3. The van der Waals surface area contributed by atoms with E-state index in [2.05, 4.69) is 4.72 Å². The Kier molecular flexibility index (Phi) is 6.93. The zero-order valence-electron chi connectivity index (χ0n) is 19.7. The van der Waals surface area contributed by atoms with Crippen LogP contribution in [0.5, 0.6) is 0 Å². The molecule has 0 bridgehead atoms. The number of piperidine rings is 1. The summed E-state index contributed by atoms with van der Waals surface area (Å²) in [5.41, 5.74) is 1.81. The topological polar surface area (TPSA) is 92.8 Å². The molecule has 0 atom stereocenters. The van der Waals surface area contributed by atoms with Crippen LogP contribution in [0.2, 0.25) is 0 Å². The maximum absolute atomic E-state index is 13.1. The van der Waals surface area contributed by atoms with Gasteiger partial charge in [0.05, 0.1) is 23.1 Å². The van der Waals surface area contributed by atoms with Crippen molar-refractivity contribution >= 4 is 27.6 Å². The molecule has 35 heavy (non-hydrogen) atoms. The third-order valence-corrected chi connectivity index (χ3v) is 7.99. The molecule has 3 aromatic rings. The summed E-state index contributed by atoms with van der Waals surface area (Å²) in [7, 11) is -2.40. The van der Waals surface area contributed by atoms with Crippen LogP contribution >= 0.6 is 0 Å². The zero-order valence-corrected chi connectivity index (χ0v) is 20.5. The van der Waals surface area contributed by atoms with E-state index >= 15 is 0 Å². The van der Waals surface area contributed by atoms with Crippen molar-refractivity contribution in [3.63, 3.8) is 0 Å². The van der Waals surface area contributed by atoms with E-state index in [0.717, 1.165) is 11.1 Å². The minimum absolute atomic E-state index is 0.0738. The molecule has 0 spiro atoms. The molecule has 1 amide bonds. The summed E-state index contributed by atoms with van der Waals surface area (Å²) in [5.74, 6) is -0.501. The number of hydrogen-bond donors (Lipinski definition) is 1. The molecule has 0 unspecified atom stereocenters. The van der Waals surface area contributed by atoms with Crippen molar-refractivity contribution in [1.29, 1.82) is 0 Å². The number of esters is 1. The van der Waals surface area contributed by atoms with E-state index in [1.807, 2.05) is 49.4 Å². The second-order valence-electron chi connectivity index (χ2n) is 8.68. The number of benzene rings is 3. The van der Waals surface area contributed by atoms with E-state index in [4.69, 9.17) is 4.74 Å². The standard InChI is InChI=1S/C27H28N2O5S/c1-20-8-6-7-11-24(20)28-35(32,33)23-14-12-21(13-15-23)25(30)29-18-16-27(17-19-29,26(31)34-2)22-9-4-3-5-10-22/h3-15,28H,16-19H2,1-2H3. The van der Waals surface area contributed by atoms with E-state index in [9.17, 15) is 18.0 Å². The van der Waals surface area contributed by atoms with Crippen molar-refractivity contribution in [1.82, 2.24) is 4.90 Å². The Hall–Kier alpha value is -3.65. The molecule has 1 saturated heterocycles. The van der Waals surface area contributed by atoms with Crippen LogP contribution in [-0.2, 0) is 25.0 Å². The molecule has 1 aliphatic heterocycles. The number of carbonyl (C=O) groups excluding carboxylic acids is 2.